The number of Topliss-reactive ketones (excluding diaryl/α,β-unsaturated/α-hetero) is 2. The second-order valence-corrected chi connectivity index (χ2v) is 9.45. The quantitative estimate of drug-likeness (QED) is 0.440. The number of alkyl halides is 2. The highest BCUT2D eigenvalue weighted by Crippen LogP contribution is 2.24. The largest absolute Gasteiger partial charge is 0.298 e. The number of hydrogen-bond acceptors (Lipinski definition) is 5. The van der Waals surface area contributed by atoms with Crippen LogP contribution in [0.5, 0.6) is 0 Å². The summed E-state index contributed by atoms with van der Waals surface area (Å²) in [6.45, 7) is 0. The number of carbonyl (C=O) groups is 2. The molecule has 0 bridgehead atoms. The number of halogens is 2. The molecule has 0 saturated carbocycles. The second kappa shape index (κ2) is 8.71. The Morgan fingerprint density at radius 3 is 1.29 bits per heavy atom. The molecule has 0 aliphatic carbocycles. The van der Waals surface area contributed by atoms with Gasteiger partial charge in [0, 0.05) is 0 Å². The van der Waals surface area contributed by atoms with Crippen molar-refractivity contribution in [1.82, 2.24) is 16.0 Å². The van der Waals surface area contributed by atoms with E-state index in [1.165, 1.54) is 0 Å². The van der Waals surface area contributed by atoms with E-state index in [2.05, 4.69) is 47.8 Å². The molecule has 5 nitrogen and oxygen atoms in total. The Morgan fingerprint density at radius 1 is 0.583 bits per heavy atom. The fourth-order valence-electron chi connectivity index (χ4n) is 4.09. The molecule has 3 aliphatic heterocycles. The van der Waals surface area contributed by atoms with Gasteiger partial charge in [0.2, 0.25) is 0 Å². The first-order chi connectivity index (χ1) is 11.5. The highest BCUT2D eigenvalue weighted by Gasteiger charge is 2.37. The molecular weight excluding hydrogens is 438 g/mol. The highest BCUT2D eigenvalue weighted by molar-refractivity contribution is 9.09. The molecule has 0 aromatic rings. The predicted molar refractivity (Wildman–Crippen MR) is 102 cm³/mol. The van der Waals surface area contributed by atoms with E-state index in [0.717, 1.165) is 57.8 Å². The molecule has 3 saturated heterocycles. The van der Waals surface area contributed by atoms with Gasteiger partial charge in [0.05, 0.1) is 34.1 Å². The molecule has 3 aliphatic rings. The normalized spacial score (nSPS) is 40.9. The number of ketones is 2. The summed E-state index contributed by atoms with van der Waals surface area (Å²) in [5.41, 5.74) is 0. The van der Waals surface area contributed by atoms with Crippen LogP contribution in [0, 0.1) is 0 Å². The van der Waals surface area contributed by atoms with E-state index in [0.29, 0.717) is 0 Å². The van der Waals surface area contributed by atoms with Gasteiger partial charge in [-0.15, -0.1) is 0 Å². The minimum Gasteiger partial charge on any atom is -0.298 e. The third-order valence-corrected chi connectivity index (χ3v) is 6.87. The molecule has 0 radical (unpaired) electrons. The van der Waals surface area contributed by atoms with Crippen LogP contribution in [0.15, 0.2) is 0 Å². The van der Waals surface area contributed by atoms with Gasteiger partial charge in [0.25, 0.3) is 0 Å². The first-order valence-electron chi connectivity index (χ1n) is 9.18. The lowest BCUT2D eigenvalue weighted by Gasteiger charge is -2.36. The summed E-state index contributed by atoms with van der Waals surface area (Å²) >= 11 is 7.13. The molecule has 136 valence electrons. The summed E-state index contributed by atoms with van der Waals surface area (Å²) in [7, 11) is 0. The van der Waals surface area contributed by atoms with Crippen molar-refractivity contribution >= 4 is 43.4 Å². The van der Waals surface area contributed by atoms with Crippen LogP contribution in [0.25, 0.3) is 0 Å². The average molecular weight is 465 g/mol. The lowest BCUT2D eigenvalue weighted by molar-refractivity contribution is -0.127. The molecule has 6 unspecified atom stereocenters. The van der Waals surface area contributed by atoms with Gasteiger partial charge in [-0.05, 0) is 57.8 Å². The molecule has 0 aromatic carbocycles. The van der Waals surface area contributed by atoms with Crippen molar-refractivity contribution in [3.63, 3.8) is 0 Å². The van der Waals surface area contributed by atoms with Gasteiger partial charge in [0.1, 0.15) is 0 Å². The van der Waals surface area contributed by atoms with Crippen molar-refractivity contribution < 1.29 is 9.59 Å². The predicted octanol–water partition coefficient (Wildman–Crippen LogP) is 2.36. The van der Waals surface area contributed by atoms with Crippen LogP contribution in [0.2, 0.25) is 0 Å². The van der Waals surface area contributed by atoms with Crippen molar-refractivity contribution in [2.24, 2.45) is 0 Å². The zero-order valence-electron chi connectivity index (χ0n) is 13.9. The maximum absolute atomic E-state index is 12.8. The molecule has 0 aromatic heterocycles. The molecule has 6 atom stereocenters. The van der Waals surface area contributed by atoms with Crippen LogP contribution < -0.4 is 16.0 Å². The van der Waals surface area contributed by atoms with E-state index in [1.807, 2.05) is 0 Å². The van der Waals surface area contributed by atoms with Gasteiger partial charge < -0.3 is 0 Å². The molecule has 3 fully saturated rings. The molecule has 3 N–H and O–H groups in total. The maximum Gasteiger partial charge on any atom is 0.166 e. The van der Waals surface area contributed by atoms with Gasteiger partial charge in [-0.25, -0.2) is 0 Å². The van der Waals surface area contributed by atoms with Crippen molar-refractivity contribution in [1.29, 1.82) is 0 Å². The Kier molecular flexibility index (Phi) is 6.88. The molecule has 0 amide bonds. The first kappa shape index (κ1) is 19.0. The van der Waals surface area contributed by atoms with Crippen LogP contribution in [0.3, 0.4) is 0 Å². The summed E-state index contributed by atoms with van der Waals surface area (Å²) in [5.74, 6) is 0.457. The van der Waals surface area contributed by atoms with E-state index in [9.17, 15) is 9.59 Å². The van der Waals surface area contributed by atoms with E-state index in [4.69, 9.17) is 0 Å². The number of piperidine rings is 3. The van der Waals surface area contributed by atoms with Crippen molar-refractivity contribution in [2.75, 3.05) is 0 Å². The van der Waals surface area contributed by atoms with Gasteiger partial charge in [-0.1, -0.05) is 31.9 Å². The standard InChI is InChI=1S/C17H27Br2N3O2/c18-14-8-2-6-12(21-14)16(23)10-4-1-5-11(20-10)17(24)13-7-3-9-15(19)22-13/h10-15,20-22H,1-9H2. The first-order valence-corrected chi connectivity index (χ1v) is 11.0. The van der Waals surface area contributed by atoms with Crippen molar-refractivity contribution in [2.45, 2.75) is 91.9 Å². The zero-order chi connectivity index (χ0) is 17.1. The molecule has 24 heavy (non-hydrogen) atoms. The van der Waals surface area contributed by atoms with Gasteiger partial charge >= 0.3 is 0 Å². The van der Waals surface area contributed by atoms with Crippen molar-refractivity contribution in [3.8, 4) is 0 Å². The third kappa shape index (κ3) is 4.67. The Bertz CT molecular complexity index is 437. The van der Waals surface area contributed by atoms with Crippen LogP contribution in [0.1, 0.15) is 57.8 Å². The molecule has 3 heterocycles. The second-order valence-electron chi connectivity index (χ2n) is 7.24. The minimum absolute atomic E-state index is 0.0887. The Hall–Kier alpha value is 0.180. The van der Waals surface area contributed by atoms with Crippen LogP contribution in [-0.4, -0.2) is 45.6 Å². The van der Waals surface area contributed by atoms with Gasteiger partial charge in [-0.3, -0.25) is 25.5 Å². The number of hydrogen-bond donors (Lipinski definition) is 3. The zero-order valence-corrected chi connectivity index (χ0v) is 17.1. The number of rotatable bonds is 4. The smallest absolute Gasteiger partial charge is 0.166 e. The summed E-state index contributed by atoms with van der Waals surface area (Å²) in [4.78, 5) is 26.1. The number of carbonyl (C=O) groups excluding carboxylic acids is 2. The fraction of sp³-hybridized carbons (Fsp3) is 0.882. The SMILES string of the molecule is O=C(C1CCCC(Br)N1)C1CCCC(C(=O)C2CCCC(Br)N2)N1. The molecule has 7 heteroatoms. The summed E-state index contributed by atoms with van der Waals surface area (Å²) in [5, 5.41) is 10.1. The van der Waals surface area contributed by atoms with Gasteiger partial charge in [0.15, 0.2) is 11.6 Å². The molecule has 3 rings (SSSR count). The van der Waals surface area contributed by atoms with Crippen molar-refractivity contribution in [3.05, 3.63) is 0 Å². The van der Waals surface area contributed by atoms with Crippen LogP contribution in [0.4, 0.5) is 0 Å². The molecular formula is C17H27Br2N3O2. The van der Waals surface area contributed by atoms with E-state index < -0.39 is 0 Å². The highest BCUT2D eigenvalue weighted by atomic mass is 79.9. The monoisotopic (exact) mass is 463 g/mol. The van der Waals surface area contributed by atoms with Crippen LogP contribution >= 0.6 is 31.9 Å². The molecule has 0 spiro atoms. The summed E-state index contributed by atoms with van der Waals surface area (Å²) in [6, 6.07) is -0.555. The summed E-state index contributed by atoms with van der Waals surface area (Å²) in [6.07, 6.45) is 8.66. The fourth-order valence-corrected chi connectivity index (χ4v) is 5.38. The topological polar surface area (TPSA) is 70.2 Å². The van der Waals surface area contributed by atoms with Gasteiger partial charge in [-0.2, -0.15) is 0 Å². The lowest BCUT2D eigenvalue weighted by atomic mass is 9.86. The Morgan fingerprint density at radius 2 is 0.917 bits per heavy atom. The average Bonchev–Trinajstić information content (AvgIpc) is 2.60. The Balaban J connectivity index is 1.57. The lowest BCUT2D eigenvalue weighted by Crippen LogP contribution is -2.59. The minimum atomic E-state index is -0.189. The van der Waals surface area contributed by atoms with E-state index in [1.54, 1.807) is 0 Å². The number of nitrogens with one attached hydrogen (secondary N) is 3. The van der Waals surface area contributed by atoms with E-state index >= 15 is 0 Å². The third-order valence-electron chi connectivity index (χ3n) is 5.43. The van der Waals surface area contributed by atoms with Crippen LogP contribution in [-0.2, 0) is 9.59 Å². The Labute approximate surface area is 160 Å². The van der Waals surface area contributed by atoms with E-state index in [-0.39, 0.29) is 45.6 Å². The summed E-state index contributed by atoms with van der Waals surface area (Å²) < 4.78 is 0. The maximum atomic E-state index is 12.8.